The zero-order chi connectivity index (χ0) is 14.6. The Morgan fingerprint density at radius 2 is 1.72 bits per heavy atom. The van der Waals surface area contributed by atoms with Crippen LogP contribution in [-0.4, -0.2) is 20.5 Å². The summed E-state index contributed by atoms with van der Waals surface area (Å²) in [6.07, 6.45) is 0.865. The van der Waals surface area contributed by atoms with Gasteiger partial charge in [-0.05, 0) is 42.9 Å². The van der Waals surface area contributed by atoms with Crippen LogP contribution in [0, 0.1) is 5.92 Å². The fourth-order valence-corrected chi connectivity index (χ4v) is 3.04. The smallest absolute Gasteiger partial charge is 0.192 e. The molecule has 2 atom stereocenters. The van der Waals surface area contributed by atoms with Crippen molar-refractivity contribution in [3.05, 3.63) is 10.4 Å². The Kier molecular flexibility index (Phi) is 6.41. The molecule has 0 unspecified atom stereocenters. The highest BCUT2D eigenvalue weighted by molar-refractivity contribution is 6.74. The maximum atomic E-state index is 8.67. The van der Waals surface area contributed by atoms with Gasteiger partial charge in [0.1, 0.15) is 0 Å². The van der Waals surface area contributed by atoms with Gasteiger partial charge in [0.15, 0.2) is 8.32 Å². The van der Waals surface area contributed by atoms with E-state index in [9.17, 15) is 0 Å². The molecule has 0 spiro atoms. The van der Waals surface area contributed by atoms with E-state index in [1.165, 1.54) is 0 Å². The maximum Gasteiger partial charge on any atom is 0.192 e. The van der Waals surface area contributed by atoms with Crippen LogP contribution >= 0.6 is 0 Å². The molecular formula is C13H29N3OSi. The van der Waals surface area contributed by atoms with Gasteiger partial charge in [0.25, 0.3) is 0 Å². The quantitative estimate of drug-likeness (QED) is 0.286. The molecule has 0 aliphatic heterocycles. The SMILES string of the molecule is CC(C)C[C@H](N=[N+]=[N-])[C@H](C)O[Si](C)(C)C(C)(C)C. The first-order valence-electron chi connectivity index (χ1n) is 6.73. The number of azide groups is 1. The van der Waals surface area contributed by atoms with Crippen molar-refractivity contribution in [2.24, 2.45) is 11.0 Å². The second-order valence-corrected chi connectivity index (χ2v) is 11.7. The Morgan fingerprint density at radius 3 is 2.06 bits per heavy atom. The second-order valence-electron chi connectivity index (χ2n) is 6.99. The van der Waals surface area contributed by atoms with Crippen molar-refractivity contribution in [2.45, 2.75) is 78.2 Å². The standard InChI is InChI=1S/C13H29N3OSi/c1-10(2)9-12(15-16-14)11(3)17-18(7,8)13(4,5)6/h10-12H,9H2,1-8H3/t11-,12-/m0/s1. The first-order chi connectivity index (χ1) is 8.01. The second kappa shape index (κ2) is 6.59. The van der Waals surface area contributed by atoms with Gasteiger partial charge in [0.2, 0.25) is 0 Å². The molecule has 0 aromatic carbocycles. The lowest BCUT2D eigenvalue weighted by molar-refractivity contribution is 0.159. The van der Waals surface area contributed by atoms with Gasteiger partial charge in [-0.3, -0.25) is 0 Å². The molecule has 0 saturated carbocycles. The number of nitrogens with zero attached hydrogens (tertiary/aromatic N) is 3. The van der Waals surface area contributed by atoms with Gasteiger partial charge in [-0.25, -0.2) is 0 Å². The monoisotopic (exact) mass is 271 g/mol. The summed E-state index contributed by atoms with van der Waals surface area (Å²) in [6.45, 7) is 17.4. The van der Waals surface area contributed by atoms with Crippen LogP contribution in [0.4, 0.5) is 0 Å². The summed E-state index contributed by atoms with van der Waals surface area (Å²) in [5.41, 5.74) is 8.67. The molecule has 0 fully saturated rings. The van der Waals surface area contributed by atoms with Gasteiger partial charge < -0.3 is 4.43 Å². The minimum Gasteiger partial charge on any atom is -0.414 e. The zero-order valence-electron chi connectivity index (χ0n) is 13.2. The number of rotatable bonds is 6. The Hall–Kier alpha value is -0.513. The van der Waals surface area contributed by atoms with Crippen LogP contribution in [0.15, 0.2) is 5.11 Å². The third-order valence-electron chi connectivity index (χ3n) is 3.74. The van der Waals surface area contributed by atoms with Crippen LogP contribution in [0.1, 0.15) is 48.0 Å². The van der Waals surface area contributed by atoms with Crippen LogP contribution in [0.5, 0.6) is 0 Å². The molecule has 0 aromatic rings. The van der Waals surface area contributed by atoms with E-state index in [0.717, 1.165) is 6.42 Å². The first-order valence-corrected chi connectivity index (χ1v) is 9.64. The minimum absolute atomic E-state index is 0.0100. The third kappa shape index (κ3) is 5.42. The van der Waals surface area contributed by atoms with E-state index in [0.29, 0.717) is 5.92 Å². The Morgan fingerprint density at radius 1 is 1.22 bits per heavy atom. The van der Waals surface area contributed by atoms with Gasteiger partial charge in [-0.2, -0.15) is 0 Å². The summed E-state index contributed by atoms with van der Waals surface area (Å²) in [4.78, 5) is 2.96. The first kappa shape index (κ1) is 17.5. The van der Waals surface area contributed by atoms with Crippen molar-refractivity contribution in [2.75, 3.05) is 0 Å². The van der Waals surface area contributed by atoms with Crippen LogP contribution in [0.25, 0.3) is 10.4 Å². The van der Waals surface area contributed by atoms with Gasteiger partial charge in [-0.15, -0.1) is 0 Å². The van der Waals surface area contributed by atoms with Crippen molar-refractivity contribution in [1.29, 1.82) is 0 Å². The van der Waals surface area contributed by atoms with Crippen LogP contribution in [0.2, 0.25) is 18.1 Å². The van der Waals surface area contributed by atoms with Gasteiger partial charge in [-0.1, -0.05) is 39.7 Å². The molecule has 5 heteroatoms. The lowest BCUT2D eigenvalue weighted by Crippen LogP contribution is -2.46. The van der Waals surface area contributed by atoms with E-state index in [1.807, 2.05) is 6.92 Å². The van der Waals surface area contributed by atoms with Crippen LogP contribution in [-0.2, 0) is 4.43 Å². The molecule has 4 nitrogen and oxygen atoms in total. The summed E-state index contributed by atoms with van der Waals surface area (Å²) < 4.78 is 6.29. The van der Waals surface area contributed by atoms with Gasteiger partial charge in [0, 0.05) is 4.91 Å². The number of hydrogen-bond donors (Lipinski definition) is 0. The summed E-state index contributed by atoms with van der Waals surface area (Å²) in [5.74, 6) is 0.506. The van der Waals surface area contributed by atoms with E-state index < -0.39 is 8.32 Å². The minimum atomic E-state index is -1.79. The van der Waals surface area contributed by atoms with Crippen molar-refractivity contribution < 1.29 is 4.43 Å². The van der Waals surface area contributed by atoms with Crippen molar-refractivity contribution in [3.8, 4) is 0 Å². The Bertz CT molecular complexity index is 304. The predicted octanol–water partition coefficient (Wildman–Crippen LogP) is 5.12. The topological polar surface area (TPSA) is 58.0 Å². The van der Waals surface area contributed by atoms with E-state index in [2.05, 4.69) is 57.7 Å². The molecular weight excluding hydrogens is 242 g/mol. The zero-order valence-corrected chi connectivity index (χ0v) is 14.2. The predicted molar refractivity (Wildman–Crippen MR) is 80.1 cm³/mol. The lowest BCUT2D eigenvalue weighted by atomic mass is 10.0. The fourth-order valence-electron chi connectivity index (χ4n) is 1.60. The molecule has 0 N–H and O–H groups in total. The normalized spacial score (nSPS) is 16.3. The molecule has 0 rings (SSSR count). The molecule has 18 heavy (non-hydrogen) atoms. The van der Waals surface area contributed by atoms with E-state index in [-0.39, 0.29) is 17.2 Å². The van der Waals surface area contributed by atoms with E-state index in [4.69, 9.17) is 9.96 Å². The average molecular weight is 271 g/mol. The van der Waals surface area contributed by atoms with E-state index in [1.54, 1.807) is 0 Å². The largest absolute Gasteiger partial charge is 0.414 e. The van der Waals surface area contributed by atoms with Crippen LogP contribution in [0.3, 0.4) is 0 Å². The Labute approximate surface area is 113 Å². The van der Waals surface area contributed by atoms with Crippen molar-refractivity contribution in [1.82, 2.24) is 0 Å². The third-order valence-corrected chi connectivity index (χ3v) is 8.31. The highest BCUT2D eigenvalue weighted by atomic mass is 28.4. The van der Waals surface area contributed by atoms with Gasteiger partial charge in [0.05, 0.1) is 12.1 Å². The van der Waals surface area contributed by atoms with Gasteiger partial charge >= 0.3 is 0 Å². The molecule has 0 heterocycles. The van der Waals surface area contributed by atoms with Crippen molar-refractivity contribution >= 4 is 8.32 Å². The highest BCUT2D eigenvalue weighted by Gasteiger charge is 2.39. The fraction of sp³-hybridized carbons (Fsp3) is 1.00. The number of hydrogen-bond acceptors (Lipinski definition) is 2. The summed E-state index contributed by atoms with van der Waals surface area (Å²) in [7, 11) is -1.79. The molecule has 0 saturated heterocycles. The van der Waals surface area contributed by atoms with E-state index >= 15 is 0 Å². The molecule has 0 bridgehead atoms. The summed E-state index contributed by atoms with van der Waals surface area (Å²) in [5, 5.41) is 4.09. The lowest BCUT2D eigenvalue weighted by Gasteiger charge is -2.40. The summed E-state index contributed by atoms with van der Waals surface area (Å²) >= 11 is 0. The van der Waals surface area contributed by atoms with Crippen molar-refractivity contribution in [3.63, 3.8) is 0 Å². The molecule has 0 radical (unpaired) electrons. The average Bonchev–Trinajstić information content (AvgIpc) is 2.13. The molecule has 0 aliphatic rings. The highest BCUT2D eigenvalue weighted by Crippen LogP contribution is 2.38. The molecule has 0 aliphatic carbocycles. The Balaban J connectivity index is 4.80. The van der Waals surface area contributed by atoms with Crippen LogP contribution < -0.4 is 0 Å². The molecule has 0 amide bonds. The molecule has 0 aromatic heterocycles. The molecule has 106 valence electrons. The maximum absolute atomic E-state index is 8.67. The summed E-state index contributed by atoms with van der Waals surface area (Å²) in [6, 6.07) is -0.0656.